The maximum Gasteiger partial charge on any atom is 0.393 e. The fourth-order valence-corrected chi connectivity index (χ4v) is 7.68. The van der Waals surface area contributed by atoms with Gasteiger partial charge in [0.05, 0.1) is 12.1 Å². The third-order valence-electron chi connectivity index (χ3n) is 8.87. The third-order valence-corrected chi connectivity index (χ3v) is 9.94. The Hall–Kier alpha value is -4.12. The van der Waals surface area contributed by atoms with E-state index in [9.17, 15) is 18.0 Å². The number of rotatable bonds is 7. The molecule has 4 aromatic rings. The Bertz CT molecular complexity index is 1730. The van der Waals surface area contributed by atoms with Crippen molar-refractivity contribution in [2.24, 2.45) is 4.99 Å². The molecule has 246 valence electrons. The number of anilines is 1. The molecule has 1 saturated heterocycles. The number of nitrogens with zero attached hydrogens (tertiary/aromatic N) is 5. The molecule has 2 aliphatic rings. The highest BCUT2D eigenvalue weighted by molar-refractivity contribution is 8.14. The van der Waals surface area contributed by atoms with Gasteiger partial charge in [0, 0.05) is 35.5 Å². The van der Waals surface area contributed by atoms with Gasteiger partial charge in [-0.15, -0.1) is 5.10 Å². The molecule has 6 rings (SSSR count). The van der Waals surface area contributed by atoms with Crippen molar-refractivity contribution in [1.82, 2.24) is 20.1 Å². The molecular formula is C36H39F3N6OS. The summed E-state index contributed by atoms with van der Waals surface area (Å²) in [5, 5.41) is 8.52. The molecule has 0 radical (unpaired) electrons. The number of hydrogen-bond acceptors (Lipinski definition) is 4. The minimum Gasteiger partial charge on any atom is -0.333 e. The van der Waals surface area contributed by atoms with Gasteiger partial charge in [-0.2, -0.15) is 18.2 Å². The highest BCUT2D eigenvalue weighted by Gasteiger charge is 2.31. The highest BCUT2D eigenvalue weighted by atomic mass is 32.2. The van der Waals surface area contributed by atoms with Crippen LogP contribution >= 0.6 is 11.8 Å². The zero-order valence-corrected chi connectivity index (χ0v) is 27.6. The van der Waals surface area contributed by atoms with Crippen LogP contribution in [0.15, 0.2) is 78.0 Å². The lowest BCUT2D eigenvalue weighted by molar-refractivity contribution is -0.127. The van der Waals surface area contributed by atoms with Crippen LogP contribution in [0.4, 0.5) is 23.7 Å². The van der Waals surface area contributed by atoms with Crippen LogP contribution in [0.3, 0.4) is 0 Å². The van der Waals surface area contributed by atoms with Gasteiger partial charge in [-0.3, -0.25) is 0 Å². The van der Waals surface area contributed by atoms with Crippen molar-refractivity contribution in [3.63, 3.8) is 0 Å². The molecule has 0 spiro atoms. The van der Waals surface area contributed by atoms with E-state index < -0.39 is 12.6 Å². The first-order valence-electron chi connectivity index (χ1n) is 16.1. The second-order valence-electron chi connectivity index (χ2n) is 12.6. The van der Waals surface area contributed by atoms with Crippen LogP contribution < -0.4 is 10.2 Å². The summed E-state index contributed by atoms with van der Waals surface area (Å²) in [6.45, 7) is 7.38. The van der Waals surface area contributed by atoms with Gasteiger partial charge >= 0.3 is 12.2 Å². The van der Waals surface area contributed by atoms with E-state index in [2.05, 4.69) is 76.4 Å². The fraction of sp³-hybridized carbons (Fsp3) is 0.389. The molecule has 2 atom stereocenters. The van der Waals surface area contributed by atoms with Gasteiger partial charge in [0.25, 0.3) is 0 Å². The maximum absolute atomic E-state index is 13.3. The number of carbonyl (C=O) groups is 1. The molecule has 3 aromatic carbocycles. The number of benzene rings is 3. The number of halogens is 3. The number of amides is 2. The Kier molecular flexibility index (Phi) is 9.72. The van der Waals surface area contributed by atoms with Crippen LogP contribution in [-0.4, -0.2) is 50.5 Å². The number of aryl methyl sites for hydroxylation is 1. The van der Waals surface area contributed by atoms with Crippen molar-refractivity contribution < 1.29 is 18.0 Å². The second-order valence-corrected chi connectivity index (χ2v) is 13.7. The highest BCUT2D eigenvalue weighted by Crippen LogP contribution is 2.37. The predicted molar refractivity (Wildman–Crippen MR) is 183 cm³/mol. The van der Waals surface area contributed by atoms with E-state index in [0.717, 1.165) is 60.0 Å². The summed E-state index contributed by atoms with van der Waals surface area (Å²) in [6.07, 6.45) is 0.258. The van der Waals surface area contributed by atoms with Crippen LogP contribution in [0, 0.1) is 6.92 Å². The van der Waals surface area contributed by atoms with Crippen molar-refractivity contribution in [1.29, 1.82) is 0 Å². The van der Waals surface area contributed by atoms with Gasteiger partial charge in [-0.05, 0) is 72.6 Å². The van der Waals surface area contributed by atoms with Crippen LogP contribution in [0.1, 0.15) is 73.6 Å². The maximum atomic E-state index is 13.3. The molecule has 1 aliphatic heterocycles. The normalized spacial score (nSPS) is 19.5. The van der Waals surface area contributed by atoms with Crippen LogP contribution in [0.5, 0.6) is 0 Å². The standard InChI is InChI=1S/C36H39F3N6OS/c1-23(2)32-24(3)7-4-10-31(32)44-19-6-20-47-35(44)42-34(46)41-30-9-5-8-29(30)26-13-15-27(16-14-26)33-40-22-45(43-33)28-17-11-25(12-18-28)21-36(37,38)39/h4,7,10-18,22-23,29-30H,5-6,8-9,19-21H2,1-3H3,(H,41,46)/b42-35-. The van der Waals surface area contributed by atoms with Crippen molar-refractivity contribution in [3.8, 4) is 17.1 Å². The van der Waals surface area contributed by atoms with Crippen LogP contribution in [0.2, 0.25) is 0 Å². The molecule has 1 aromatic heterocycles. The average molecular weight is 661 g/mol. The van der Waals surface area contributed by atoms with Gasteiger partial charge < -0.3 is 10.2 Å². The largest absolute Gasteiger partial charge is 0.393 e. The van der Waals surface area contributed by atoms with Crippen molar-refractivity contribution in [2.75, 3.05) is 17.2 Å². The fourth-order valence-electron chi connectivity index (χ4n) is 6.73. The quantitative estimate of drug-likeness (QED) is 0.215. The molecule has 0 bridgehead atoms. The summed E-state index contributed by atoms with van der Waals surface area (Å²) in [5.74, 6) is 1.99. The topological polar surface area (TPSA) is 75.4 Å². The Morgan fingerprint density at radius 3 is 2.53 bits per heavy atom. The molecule has 1 saturated carbocycles. The van der Waals surface area contributed by atoms with Crippen LogP contribution in [-0.2, 0) is 6.42 Å². The molecule has 7 nitrogen and oxygen atoms in total. The van der Waals surface area contributed by atoms with E-state index in [-0.39, 0.29) is 23.6 Å². The van der Waals surface area contributed by atoms with Crippen molar-refractivity contribution in [2.45, 2.75) is 76.9 Å². The molecule has 1 N–H and O–H groups in total. The molecule has 2 amide bonds. The minimum atomic E-state index is -4.25. The predicted octanol–water partition coefficient (Wildman–Crippen LogP) is 8.82. The molecule has 2 unspecified atom stereocenters. The first-order valence-corrected chi connectivity index (χ1v) is 17.1. The molecule has 2 heterocycles. The van der Waals surface area contributed by atoms with Gasteiger partial charge in [0.15, 0.2) is 11.0 Å². The SMILES string of the molecule is Cc1cccc(N2CCCS/C2=N\C(=O)NC2CCCC2c2ccc(-c3ncn(-c4ccc(CC(F)(F)F)cc4)n3)cc2)c1C(C)C. The lowest BCUT2D eigenvalue weighted by Gasteiger charge is -2.32. The van der Waals surface area contributed by atoms with E-state index in [1.807, 2.05) is 12.1 Å². The molecule has 2 fully saturated rings. The second kappa shape index (κ2) is 13.9. The first-order chi connectivity index (χ1) is 22.6. The van der Waals surface area contributed by atoms with E-state index in [0.29, 0.717) is 17.4 Å². The van der Waals surface area contributed by atoms with E-state index in [1.165, 1.54) is 23.3 Å². The number of aliphatic imine (C=N–C) groups is 1. The number of amidine groups is 1. The number of nitrogens with one attached hydrogen (secondary N) is 1. The molecule has 47 heavy (non-hydrogen) atoms. The summed E-state index contributed by atoms with van der Waals surface area (Å²) >= 11 is 1.64. The summed E-state index contributed by atoms with van der Waals surface area (Å²) in [7, 11) is 0. The third kappa shape index (κ3) is 7.72. The Morgan fingerprint density at radius 1 is 1.04 bits per heavy atom. The monoisotopic (exact) mass is 660 g/mol. The average Bonchev–Trinajstić information content (AvgIpc) is 3.71. The van der Waals surface area contributed by atoms with Gasteiger partial charge in [-0.1, -0.05) is 80.6 Å². The molecule has 1 aliphatic carbocycles. The molecular weight excluding hydrogens is 621 g/mol. The summed E-state index contributed by atoms with van der Waals surface area (Å²) in [4.78, 5) is 24.6. The van der Waals surface area contributed by atoms with E-state index >= 15 is 0 Å². The smallest absolute Gasteiger partial charge is 0.333 e. The molecule has 11 heteroatoms. The van der Waals surface area contributed by atoms with Crippen molar-refractivity contribution >= 4 is 28.6 Å². The number of hydrogen-bond donors (Lipinski definition) is 1. The number of thioether (sulfide) groups is 1. The van der Waals surface area contributed by atoms with Gasteiger partial charge in [-0.25, -0.2) is 14.5 Å². The first kappa shape index (κ1) is 32.8. The number of aromatic nitrogens is 3. The van der Waals surface area contributed by atoms with Gasteiger partial charge in [0.1, 0.15) is 6.33 Å². The van der Waals surface area contributed by atoms with E-state index in [1.54, 1.807) is 34.9 Å². The zero-order chi connectivity index (χ0) is 33.1. The summed E-state index contributed by atoms with van der Waals surface area (Å²) < 4.78 is 39.7. The Morgan fingerprint density at radius 2 is 1.81 bits per heavy atom. The minimum absolute atomic E-state index is 0.0115. The number of urea groups is 1. The number of alkyl halides is 3. The van der Waals surface area contributed by atoms with Crippen LogP contribution in [0.25, 0.3) is 17.1 Å². The zero-order valence-electron chi connectivity index (χ0n) is 26.8. The number of carbonyl (C=O) groups excluding carboxylic acids is 1. The van der Waals surface area contributed by atoms with Crippen molar-refractivity contribution in [3.05, 3.63) is 95.3 Å². The van der Waals surface area contributed by atoms with E-state index in [4.69, 9.17) is 0 Å². The Labute approximate surface area is 277 Å². The Balaban J connectivity index is 1.12. The summed E-state index contributed by atoms with van der Waals surface area (Å²) in [6, 6.07) is 20.3. The lowest BCUT2D eigenvalue weighted by atomic mass is 9.93. The van der Waals surface area contributed by atoms with Gasteiger partial charge in [0.2, 0.25) is 0 Å². The lowest BCUT2D eigenvalue weighted by Crippen LogP contribution is -2.39. The summed E-state index contributed by atoms with van der Waals surface area (Å²) in [5.41, 5.74) is 6.48.